The number of ether oxygens (including phenoxy) is 4. The fourth-order valence-corrected chi connectivity index (χ4v) is 4.00. The van der Waals surface area contributed by atoms with E-state index in [9.17, 15) is 9.59 Å². The fourth-order valence-electron chi connectivity index (χ4n) is 4.00. The first-order valence-corrected chi connectivity index (χ1v) is 11.3. The minimum Gasteiger partial charge on any atom is -0.493 e. The number of hydrogen-bond acceptors (Lipinski definition) is 7. The number of benzene rings is 2. The molecule has 1 aliphatic heterocycles. The van der Waals surface area contributed by atoms with E-state index in [1.165, 1.54) is 0 Å². The van der Waals surface area contributed by atoms with Crippen molar-refractivity contribution in [2.45, 2.75) is 40.2 Å². The van der Waals surface area contributed by atoms with Gasteiger partial charge in [-0.1, -0.05) is 36.4 Å². The molecule has 7 heteroatoms. The lowest BCUT2D eigenvalue weighted by Gasteiger charge is -2.30. The molecule has 1 N–H and O–H groups in total. The number of dihydropyridines is 1. The average molecular weight is 466 g/mol. The third-order valence-electron chi connectivity index (χ3n) is 5.51. The van der Waals surface area contributed by atoms with Gasteiger partial charge in [-0.3, -0.25) is 0 Å². The normalized spacial score (nSPS) is 13.9. The Bertz CT molecular complexity index is 1060. The molecule has 3 rings (SSSR count). The molecule has 0 aliphatic carbocycles. The van der Waals surface area contributed by atoms with E-state index in [1.54, 1.807) is 46.9 Å². The summed E-state index contributed by atoms with van der Waals surface area (Å²) < 4.78 is 22.2. The highest BCUT2D eigenvalue weighted by molar-refractivity contribution is 6.00. The van der Waals surface area contributed by atoms with E-state index in [1.807, 2.05) is 36.4 Å². The van der Waals surface area contributed by atoms with Gasteiger partial charge < -0.3 is 24.3 Å². The summed E-state index contributed by atoms with van der Waals surface area (Å²) >= 11 is 0. The van der Waals surface area contributed by atoms with E-state index in [4.69, 9.17) is 18.9 Å². The number of rotatable bonds is 9. The Morgan fingerprint density at radius 3 is 1.97 bits per heavy atom. The van der Waals surface area contributed by atoms with Gasteiger partial charge in [0.2, 0.25) is 0 Å². The third kappa shape index (κ3) is 5.42. The van der Waals surface area contributed by atoms with Crippen LogP contribution in [0.15, 0.2) is 71.1 Å². The highest BCUT2D eigenvalue weighted by atomic mass is 16.5. The van der Waals surface area contributed by atoms with Crippen molar-refractivity contribution in [1.29, 1.82) is 0 Å². The van der Waals surface area contributed by atoms with Crippen LogP contribution in [0.25, 0.3) is 0 Å². The summed E-state index contributed by atoms with van der Waals surface area (Å²) in [6, 6.07) is 15.2. The van der Waals surface area contributed by atoms with Crippen LogP contribution < -0.4 is 14.8 Å². The summed E-state index contributed by atoms with van der Waals surface area (Å²) in [7, 11) is 1.55. The standard InChI is InChI=1S/C27H31NO6/c1-6-32-26(29)23-17(3)28-18(4)24(27(30)33-7-2)25(23)20-13-14-21(22(15-20)31-5)34-16-19-11-9-8-10-12-19/h8-15,25,28H,6-7,16H2,1-5H3. The summed E-state index contributed by atoms with van der Waals surface area (Å²) in [5, 5.41) is 3.14. The van der Waals surface area contributed by atoms with Crippen LogP contribution >= 0.6 is 0 Å². The number of carbonyl (C=O) groups is 2. The number of carbonyl (C=O) groups excluding carboxylic acids is 2. The molecule has 2 aromatic rings. The van der Waals surface area contributed by atoms with Crippen molar-refractivity contribution in [3.05, 3.63) is 82.2 Å². The maximum atomic E-state index is 13.0. The maximum absolute atomic E-state index is 13.0. The van der Waals surface area contributed by atoms with Gasteiger partial charge in [0.25, 0.3) is 0 Å². The molecule has 180 valence electrons. The topological polar surface area (TPSA) is 83.1 Å². The average Bonchev–Trinajstić information content (AvgIpc) is 2.83. The van der Waals surface area contributed by atoms with Gasteiger partial charge in [0.15, 0.2) is 11.5 Å². The molecule has 2 aromatic carbocycles. The Morgan fingerprint density at radius 1 is 0.853 bits per heavy atom. The van der Waals surface area contributed by atoms with Crippen molar-refractivity contribution >= 4 is 11.9 Å². The molecule has 7 nitrogen and oxygen atoms in total. The van der Waals surface area contributed by atoms with Crippen LogP contribution in [0.4, 0.5) is 0 Å². The minimum absolute atomic E-state index is 0.218. The largest absolute Gasteiger partial charge is 0.493 e. The Labute approximate surface area is 200 Å². The van der Waals surface area contributed by atoms with Crippen molar-refractivity contribution in [3.8, 4) is 11.5 Å². The molecule has 1 heterocycles. The van der Waals surface area contributed by atoms with Gasteiger partial charge in [-0.25, -0.2) is 9.59 Å². The highest BCUT2D eigenvalue weighted by Crippen LogP contribution is 2.42. The van der Waals surface area contributed by atoms with Crippen LogP contribution in [0.5, 0.6) is 11.5 Å². The molecule has 0 radical (unpaired) electrons. The number of methoxy groups -OCH3 is 1. The second-order valence-corrected chi connectivity index (χ2v) is 7.76. The van der Waals surface area contributed by atoms with Gasteiger partial charge in [0, 0.05) is 11.4 Å². The molecule has 0 saturated carbocycles. The van der Waals surface area contributed by atoms with Crippen LogP contribution in [0, 0.1) is 0 Å². The predicted octanol–water partition coefficient (Wildman–Crippen LogP) is 4.64. The van der Waals surface area contributed by atoms with E-state index >= 15 is 0 Å². The number of hydrogen-bond donors (Lipinski definition) is 1. The monoisotopic (exact) mass is 465 g/mol. The Morgan fingerprint density at radius 2 is 1.44 bits per heavy atom. The van der Waals surface area contributed by atoms with Crippen LogP contribution in [0.3, 0.4) is 0 Å². The Balaban J connectivity index is 2.04. The number of nitrogens with one attached hydrogen (secondary N) is 1. The zero-order valence-corrected chi connectivity index (χ0v) is 20.3. The van der Waals surface area contributed by atoms with Gasteiger partial charge in [-0.2, -0.15) is 0 Å². The maximum Gasteiger partial charge on any atom is 0.336 e. The second kappa shape index (κ2) is 11.4. The molecule has 0 saturated heterocycles. The molecule has 1 aliphatic rings. The second-order valence-electron chi connectivity index (χ2n) is 7.76. The van der Waals surface area contributed by atoms with Crippen LogP contribution in [-0.4, -0.2) is 32.3 Å². The van der Waals surface area contributed by atoms with Crippen molar-refractivity contribution in [2.24, 2.45) is 0 Å². The van der Waals surface area contributed by atoms with Crippen molar-refractivity contribution in [1.82, 2.24) is 5.32 Å². The predicted molar refractivity (Wildman–Crippen MR) is 128 cm³/mol. The van der Waals surface area contributed by atoms with E-state index in [2.05, 4.69) is 5.32 Å². The lowest BCUT2D eigenvalue weighted by Crippen LogP contribution is -2.32. The zero-order chi connectivity index (χ0) is 24.7. The molecular weight excluding hydrogens is 434 g/mol. The van der Waals surface area contributed by atoms with Crippen LogP contribution in [0.1, 0.15) is 44.7 Å². The lowest BCUT2D eigenvalue weighted by molar-refractivity contribution is -0.139. The minimum atomic E-state index is -0.684. The summed E-state index contributed by atoms with van der Waals surface area (Å²) in [4.78, 5) is 25.9. The summed E-state index contributed by atoms with van der Waals surface area (Å²) in [6.45, 7) is 7.88. The summed E-state index contributed by atoms with van der Waals surface area (Å²) in [5.74, 6) is -0.615. The molecular formula is C27H31NO6. The van der Waals surface area contributed by atoms with Gasteiger partial charge in [0.05, 0.1) is 37.4 Å². The number of esters is 2. The highest BCUT2D eigenvalue weighted by Gasteiger charge is 2.38. The summed E-state index contributed by atoms with van der Waals surface area (Å²) in [6.07, 6.45) is 0. The van der Waals surface area contributed by atoms with Gasteiger partial charge in [-0.15, -0.1) is 0 Å². The number of allylic oxidation sites excluding steroid dienone is 2. The molecule has 0 bridgehead atoms. The Hall–Kier alpha value is -3.74. The van der Waals surface area contributed by atoms with Crippen molar-refractivity contribution < 1.29 is 28.5 Å². The van der Waals surface area contributed by atoms with Gasteiger partial charge >= 0.3 is 11.9 Å². The van der Waals surface area contributed by atoms with Gasteiger partial charge in [0.1, 0.15) is 6.61 Å². The van der Waals surface area contributed by atoms with E-state index in [-0.39, 0.29) is 13.2 Å². The van der Waals surface area contributed by atoms with Crippen molar-refractivity contribution in [2.75, 3.05) is 20.3 Å². The van der Waals surface area contributed by atoms with Crippen LogP contribution in [0.2, 0.25) is 0 Å². The van der Waals surface area contributed by atoms with E-state index in [0.717, 1.165) is 5.56 Å². The third-order valence-corrected chi connectivity index (χ3v) is 5.51. The first kappa shape index (κ1) is 24.9. The Kier molecular flexibility index (Phi) is 8.35. The van der Waals surface area contributed by atoms with E-state index < -0.39 is 17.9 Å². The molecule has 0 atom stereocenters. The lowest BCUT2D eigenvalue weighted by atomic mass is 9.80. The first-order chi connectivity index (χ1) is 16.4. The molecule has 0 spiro atoms. The SMILES string of the molecule is CCOC(=O)C1=C(C)NC(C)=C(C(=O)OCC)C1c1ccc(OCc2ccccc2)c(OC)c1. The van der Waals surface area contributed by atoms with E-state index in [0.29, 0.717) is 46.2 Å². The molecule has 0 fully saturated rings. The zero-order valence-electron chi connectivity index (χ0n) is 20.3. The quantitative estimate of drug-likeness (QED) is 0.541. The summed E-state index contributed by atoms with van der Waals surface area (Å²) in [5.41, 5.74) is 3.68. The smallest absolute Gasteiger partial charge is 0.336 e. The molecule has 34 heavy (non-hydrogen) atoms. The van der Waals surface area contributed by atoms with Crippen molar-refractivity contribution in [3.63, 3.8) is 0 Å². The molecule has 0 aromatic heterocycles. The van der Waals surface area contributed by atoms with Crippen LogP contribution in [-0.2, 0) is 25.7 Å². The molecule has 0 amide bonds. The molecule has 0 unspecified atom stereocenters. The fraction of sp³-hybridized carbons (Fsp3) is 0.333. The first-order valence-electron chi connectivity index (χ1n) is 11.3. The van der Waals surface area contributed by atoms with Gasteiger partial charge in [-0.05, 0) is 51.0 Å².